The molecule has 0 unspecified atom stereocenters. The SMILES string of the molecule is CN(Cc1ccccc1F)C(=O)COC(=O)c1cc([N+](=O)[O-])ccc1N(C)C. The first-order valence-corrected chi connectivity index (χ1v) is 8.31. The van der Waals surface area contributed by atoms with Crippen molar-refractivity contribution in [1.29, 1.82) is 0 Å². The van der Waals surface area contributed by atoms with E-state index < -0.39 is 29.2 Å². The van der Waals surface area contributed by atoms with E-state index in [1.165, 1.54) is 30.1 Å². The summed E-state index contributed by atoms with van der Waals surface area (Å²) in [6.45, 7) is -0.553. The van der Waals surface area contributed by atoms with Crippen LogP contribution in [0.3, 0.4) is 0 Å². The lowest BCUT2D eigenvalue weighted by Crippen LogP contribution is -2.31. The van der Waals surface area contributed by atoms with E-state index in [1.54, 1.807) is 37.2 Å². The van der Waals surface area contributed by atoms with Gasteiger partial charge >= 0.3 is 5.97 Å². The molecule has 148 valence electrons. The van der Waals surface area contributed by atoms with Gasteiger partial charge in [-0.3, -0.25) is 14.9 Å². The Morgan fingerprint density at radius 1 is 1.14 bits per heavy atom. The third kappa shape index (κ3) is 5.03. The molecule has 0 radical (unpaired) electrons. The van der Waals surface area contributed by atoms with Gasteiger partial charge in [0.25, 0.3) is 11.6 Å². The maximum atomic E-state index is 13.7. The Morgan fingerprint density at radius 2 is 1.82 bits per heavy atom. The maximum absolute atomic E-state index is 13.7. The van der Waals surface area contributed by atoms with E-state index in [-0.39, 0.29) is 17.8 Å². The fraction of sp³-hybridized carbons (Fsp3) is 0.263. The first-order chi connectivity index (χ1) is 13.2. The average Bonchev–Trinajstić information content (AvgIpc) is 2.66. The molecule has 8 nitrogen and oxygen atoms in total. The lowest BCUT2D eigenvalue weighted by atomic mass is 10.1. The van der Waals surface area contributed by atoms with E-state index >= 15 is 0 Å². The van der Waals surface area contributed by atoms with Crippen molar-refractivity contribution in [2.75, 3.05) is 32.6 Å². The van der Waals surface area contributed by atoms with Crippen molar-refractivity contribution in [2.45, 2.75) is 6.54 Å². The summed E-state index contributed by atoms with van der Waals surface area (Å²) in [7, 11) is 4.80. The van der Waals surface area contributed by atoms with Crippen molar-refractivity contribution in [2.24, 2.45) is 0 Å². The Kier molecular flexibility index (Phi) is 6.64. The van der Waals surface area contributed by atoms with Gasteiger partial charge in [0.15, 0.2) is 6.61 Å². The number of hydrogen-bond acceptors (Lipinski definition) is 6. The minimum atomic E-state index is -0.861. The summed E-state index contributed by atoms with van der Waals surface area (Å²) < 4.78 is 18.7. The van der Waals surface area contributed by atoms with E-state index in [9.17, 15) is 24.1 Å². The fourth-order valence-electron chi connectivity index (χ4n) is 2.48. The van der Waals surface area contributed by atoms with Crippen molar-refractivity contribution in [1.82, 2.24) is 4.90 Å². The second-order valence-corrected chi connectivity index (χ2v) is 6.27. The summed E-state index contributed by atoms with van der Waals surface area (Å²) in [4.78, 5) is 37.8. The Morgan fingerprint density at radius 3 is 2.43 bits per heavy atom. The van der Waals surface area contributed by atoms with Gasteiger partial charge in [0.1, 0.15) is 5.82 Å². The zero-order valence-corrected chi connectivity index (χ0v) is 15.7. The number of benzene rings is 2. The largest absolute Gasteiger partial charge is 0.452 e. The number of carbonyl (C=O) groups is 2. The zero-order valence-electron chi connectivity index (χ0n) is 15.7. The number of ether oxygens (including phenoxy) is 1. The smallest absolute Gasteiger partial charge is 0.341 e. The van der Waals surface area contributed by atoms with E-state index in [0.717, 1.165) is 6.07 Å². The number of halogens is 1. The number of non-ortho nitro benzene ring substituents is 1. The summed E-state index contributed by atoms with van der Waals surface area (Å²) in [5.74, 6) is -1.83. The average molecular weight is 389 g/mol. The third-order valence-corrected chi connectivity index (χ3v) is 4.01. The minimum absolute atomic E-state index is 0.0167. The van der Waals surface area contributed by atoms with Gasteiger partial charge in [0.05, 0.1) is 16.2 Å². The Hall–Kier alpha value is -3.49. The number of hydrogen-bond donors (Lipinski definition) is 0. The van der Waals surface area contributed by atoms with E-state index in [0.29, 0.717) is 11.3 Å². The number of nitrogens with zero attached hydrogens (tertiary/aromatic N) is 3. The standard InChI is InChI=1S/C19H20FN3O5/c1-21(2)17-9-8-14(23(26)27)10-15(17)19(25)28-12-18(24)22(3)11-13-6-4-5-7-16(13)20/h4-10H,11-12H2,1-3H3. The molecule has 2 rings (SSSR count). The quantitative estimate of drug-likeness (QED) is 0.411. The van der Waals surface area contributed by atoms with Crippen LogP contribution in [0.5, 0.6) is 0 Å². The summed E-state index contributed by atoms with van der Waals surface area (Å²) in [5.41, 5.74) is 0.463. The summed E-state index contributed by atoms with van der Waals surface area (Å²) in [6.07, 6.45) is 0. The Bertz CT molecular complexity index is 901. The first-order valence-electron chi connectivity index (χ1n) is 8.31. The first kappa shape index (κ1) is 20.8. The van der Waals surface area contributed by atoms with Crippen LogP contribution in [0, 0.1) is 15.9 Å². The molecule has 0 bridgehead atoms. The van der Waals surface area contributed by atoms with Gasteiger partial charge in [-0.15, -0.1) is 0 Å². The van der Waals surface area contributed by atoms with Crippen molar-refractivity contribution < 1.29 is 23.6 Å². The number of rotatable bonds is 7. The number of nitro benzene ring substituents is 1. The van der Waals surface area contributed by atoms with E-state index in [2.05, 4.69) is 0 Å². The topological polar surface area (TPSA) is 93.0 Å². The highest BCUT2D eigenvalue weighted by Gasteiger charge is 2.21. The monoisotopic (exact) mass is 389 g/mol. The summed E-state index contributed by atoms with van der Waals surface area (Å²) >= 11 is 0. The minimum Gasteiger partial charge on any atom is -0.452 e. The second-order valence-electron chi connectivity index (χ2n) is 6.27. The van der Waals surface area contributed by atoms with Crippen LogP contribution in [-0.2, 0) is 16.1 Å². The van der Waals surface area contributed by atoms with Crippen LogP contribution in [0.2, 0.25) is 0 Å². The number of likely N-dealkylation sites (N-methyl/N-ethyl adjacent to an activating group) is 1. The second kappa shape index (κ2) is 8.94. The van der Waals surface area contributed by atoms with Crippen LogP contribution in [0.1, 0.15) is 15.9 Å². The van der Waals surface area contributed by atoms with Crippen LogP contribution in [-0.4, -0.2) is 49.4 Å². The lowest BCUT2D eigenvalue weighted by Gasteiger charge is -2.19. The van der Waals surface area contributed by atoms with Crippen molar-refractivity contribution >= 4 is 23.3 Å². The molecule has 0 fully saturated rings. The van der Waals surface area contributed by atoms with Crippen LogP contribution in [0.15, 0.2) is 42.5 Å². The predicted molar refractivity (Wildman–Crippen MR) is 101 cm³/mol. The van der Waals surface area contributed by atoms with Crippen LogP contribution in [0.25, 0.3) is 0 Å². The molecular weight excluding hydrogens is 369 g/mol. The van der Waals surface area contributed by atoms with Crippen LogP contribution in [0.4, 0.5) is 15.8 Å². The van der Waals surface area contributed by atoms with Crippen LogP contribution < -0.4 is 4.90 Å². The molecule has 0 N–H and O–H groups in total. The molecule has 0 spiro atoms. The molecule has 0 saturated carbocycles. The van der Waals surface area contributed by atoms with Gasteiger partial charge in [-0.2, -0.15) is 0 Å². The number of nitro groups is 1. The lowest BCUT2D eigenvalue weighted by molar-refractivity contribution is -0.384. The molecule has 1 amide bonds. The molecule has 0 aliphatic rings. The molecule has 0 saturated heterocycles. The Labute approximate surface area is 161 Å². The molecule has 28 heavy (non-hydrogen) atoms. The maximum Gasteiger partial charge on any atom is 0.341 e. The van der Waals surface area contributed by atoms with Crippen molar-refractivity contribution in [3.8, 4) is 0 Å². The fourth-order valence-corrected chi connectivity index (χ4v) is 2.48. The number of anilines is 1. The van der Waals surface area contributed by atoms with Gasteiger partial charge in [0.2, 0.25) is 0 Å². The van der Waals surface area contributed by atoms with Gasteiger partial charge in [-0.1, -0.05) is 18.2 Å². The molecule has 0 aliphatic carbocycles. The van der Waals surface area contributed by atoms with Crippen LogP contribution >= 0.6 is 0 Å². The summed E-state index contributed by atoms with van der Waals surface area (Å²) in [5, 5.41) is 11.0. The molecule has 9 heteroatoms. The van der Waals surface area contributed by atoms with Gasteiger partial charge in [-0.25, -0.2) is 9.18 Å². The van der Waals surface area contributed by atoms with Gasteiger partial charge in [-0.05, 0) is 12.1 Å². The summed E-state index contributed by atoms with van der Waals surface area (Å²) in [6, 6.07) is 9.85. The van der Waals surface area contributed by atoms with Gasteiger partial charge in [0, 0.05) is 45.4 Å². The van der Waals surface area contributed by atoms with E-state index in [4.69, 9.17) is 4.74 Å². The molecule has 0 aromatic heterocycles. The molecule has 0 aliphatic heterocycles. The molecule has 0 atom stereocenters. The molecule has 2 aromatic rings. The number of carbonyl (C=O) groups excluding carboxylic acids is 2. The third-order valence-electron chi connectivity index (χ3n) is 4.01. The Balaban J connectivity index is 2.06. The zero-order chi connectivity index (χ0) is 20.8. The number of esters is 1. The molecular formula is C19H20FN3O5. The van der Waals surface area contributed by atoms with Crippen molar-refractivity contribution in [3.63, 3.8) is 0 Å². The highest BCUT2D eigenvalue weighted by Crippen LogP contribution is 2.25. The highest BCUT2D eigenvalue weighted by molar-refractivity contribution is 5.97. The normalized spacial score (nSPS) is 10.3. The highest BCUT2D eigenvalue weighted by atomic mass is 19.1. The molecule has 0 heterocycles. The number of amides is 1. The predicted octanol–water partition coefficient (Wildman–Crippen LogP) is 2.62. The molecule has 2 aromatic carbocycles. The van der Waals surface area contributed by atoms with E-state index in [1.807, 2.05) is 0 Å². The van der Waals surface area contributed by atoms with Gasteiger partial charge < -0.3 is 14.5 Å². The van der Waals surface area contributed by atoms with Crippen molar-refractivity contribution in [3.05, 3.63) is 69.5 Å².